The fourth-order valence-corrected chi connectivity index (χ4v) is 2.45. The van der Waals surface area contributed by atoms with Gasteiger partial charge in [0.1, 0.15) is 11.5 Å². The highest BCUT2D eigenvalue weighted by Gasteiger charge is 2.33. The molecule has 0 bridgehead atoms. The molecule has 0 spiro atoms. The molecule has 19 heavy (non-hydrogen) atoms. The van der Waals surface area contributed by atoms with Crippen molar-refractivity contribution in [2.24, 2.45) is 11.7 Å². The predicted octanol–water partition coefficient (Wildman–Crippen LogP) is 2.29. The lowest BCUT2D eigenvalue weighted by Gasteiger charge is -2.34. The summed E-state index contributed by atoms with van der Waals surface area (Å²) in [7, 11) is 3.20. The van der Waals surface area contributed by atoms with Crippen LogP contribution in [0.1, 0.15) is 30.9 Å². The van der Waals surface area contributed by atoms with Crippen LogP contribution < -0.4 is 15.2 Å². The van der Waals surface area contributed by atoms with Crippen LogP contribution in [-0.4, -0.2) is 25.4 Å². The first-order chi connectivity index (χ1) is 8.69. The number of methoxy groups -OCH3 is 2. The van der Waals surface area contributed by atoms with Crippen molar-refractivity contribution in [3.63, 3.8) is 0 Å². The first-order valence-electron chi connectivity index (χ1n) is 6.33. The van der Waals surface area contributed by atoms with Crippen molar-refractivity contribution in [1.29, 1.82) is 0 Å². The van der Waals surface area contributed by atoms with Crippen molar-refractivity contribution in [3.8, 4) is 11.5 Å². The molecule has 1 aromatic carbocycles. The summed E-state index contributed by atoms with van der Waals surface area (Å²) in [4.78, 5) is 0. The van der Waals surface area contributed by atoms with E-state index in [0.29, 0.717) is 17.4 Å². The summed E-state index contributed by atoms with van der Waals surface area (Å²) in [6, 6.07) is 5.06. The molecule has 1 fully saturated rings. The van der Waals surface area contributed by atoms with Crippen molar-refractivity contribution in [2.45, 2.75) is 31.4 Å². The molecule has 1 aliphatic rings. The van der Waals surface area contributed by atoms with Crippen LogP contribution in [0, 0.1) is 5.92 Å². The molecule has 108 valence electrons. The van der Waals surface area contributed by atoms with Crippen molar-refractivity contribution >= 4 is 12.4 Å². The summed E-state index contributed by atoms with van der Waals surface area (Å²) in [5.41, 5.74) is 6.94. The van der Waals surface area contributed by atoms with Gasteiger partial charge in [-0.1, -0.05) is 12.5 Å². The Hall–Kier alpha value is -0.970. The first-order valence-corrected chi connectivity index (χ1v) is 6.33. The van der Waals surface area contributed by atoms with Gasteiger partial charge in [-0.15, -0.1) is 12.4 Å². The highest BCUT2D eigenvalue weighted by Crippen LogP contribution is 2.40. The molecule has 0 heterocycles. The molecule has 5 heteroatoms. The molecular weight excluding hydrogens is 266 g/mol. The number of rotatable bonds is 5. The maximum absolute atomic E-state index is 10.3. The van der Waals surface area contributed by atoms with E-state index in [4.69, 9.17) is 15.2 Å². The monoisotopic (exact) mass is 287 g/mol. The minimum absolute atomic E-state index is 0. The number of nitrogens with two attached hydrogens (primary N) is 1. The fourth-order valence-electron chi connectivity index (χ4n) is 2.45. The highest BCUT2D eigenvalue weighted by molar-refractivity contribution is 5.85. The molecule has 0 aromatic heterocycles. The fraction of sp³-hybridized carbons (Fsp3) is 0.571. The van der Waals surface area contributed by atoms with Gasteiger partial charge in [0.05, 0.1) is 31.9 Å². The second-order valence-corrected chi connectivity index (χ2v) is 4.78. The summed E-state index contributed by atoms with van der Waals surface area (Å²) >= 11 is 0. The lowest BCUT2D eigenvalue weighted by atomic mass is 9.77. The molecule has 0 aliphatic heterocycles. The van der Waals surface area contributed by atoms with Crippen molar-refractivity contribution in [2.75, 3.05) is 14.2 Å². The Morgan fingerprint density at radius 3 is 2.11 bits per heavy atom. The molecule has 0 amide bonds. The summed E-state index contributed by atoms with van der Waals surface area (Å²) in [6.07, 6.45) is 2.74. The Labute approximate surface area is 120 Å². The van der Waals surface area contributed by atoms with Gasteiger partial charge in [0.15, 0.2) is 0 Å². The first kappa shape index (κ1) is 16.1. The molecule has 2 rings (SSSR count). The Morgan fingerprint density at radius 1 is 1.21 bits per heavy atom. The van der Waals surface area contributed by atoms with E-state index in [1.807, 2.05) is 18.2 Å². The molecule has 1 aromatic rings. The number of aliphatic hydroxyl groups is 1. The van der Waals surface area contributed by atoms with Gasteiger partial charge in [-0.25, -0.2) is 0 Å². The zero-order chi connectivity index (χ0) is 13.1. The van der Waals surface area contributed by atoms with Crippen LogP contribution >= 0.6 is 12.4 Å². The Kier molecular flexibility index (Phi) is 5.91. The Balaban J connectivity index is 0.00000180. The largest absolute Gasteiger partial charge is 0.496 e. The van der Waals surface area contributed by atoms with Crippen molar-refractivity contribution < 1.29 is 14.6 Å². The lowest BCUT2D eigenvalue weighted by Crippen LogP contribution is -2.36. The maximum Gasteiger partial charge on any atom is 0.127 e. The zero-order valence-electron chi connectivity index (χ0n) is 11.3. The number of ether oxygens (including phenoxy) is 2. The van der Waals surface area contributed by atoms with Gasteiger partial charge in [0.25, 0.3) is 0 Å². The van der Waals surface area contributed by atoms with Gasteiger partial charge in [-0.2, -0.15) is 0 Å². The molecule has 3 N–H and O–H groups in total. The van der Waals surface area contributed by atoms with Crippen LogP contribution in [0.15, 0.2) is 18.2 Å². The van der Waals surface area contributed by atoms with Crippen LogP contribution in [0.25, 0.3) is 0 Å². The van der Waals surface area contributed by atoms with E-state index in [1.54, 1.807) is 14.2 Å². The SMILES string of the molecule is COc1cccc(OC)c1[C@H](N)[C@H](O)C1CCC1.Cl. The van der Waals surface area contributed by atoms with Crippen LogP contribution in [0.2, 0.25) is 0 Å². The highest BCUT2D eigenvalue weighted by atomic mass is 35.5. The van der Waals surface area contributed by atoms with Crippen molar-refractivity contribution in [3.05, 3.63) is 23.8 Å². The third kappa shape index (κ3) is 3.14. The van der Waals surface area contributed by atoms with Gasteiger partial charge < -0.3 is 20.3 Å². The number of benzene rings is 1. The predicted molar refractivity (Wildman–Crippen MR) is 77.1 cm³/mol. The van der Waals surface area contributed by atoms with Gasteiger partial charge in [-0.3, -0.25) is 0 Å². The van der Waals surface area contributed by atoms with Crippen LogP contribution in [-0.2, 0) is 0 Å². The molecular formula is C14H22ClNO3. The van der Waals surface area contributed by atoms with E-state index in [1.165, 1.54) is 6.42 Å². The molecule has 0 unspecified atom stereocenters. The number of halogens is 1. The molecule has 4 nitrogen and oxygen atoms in total. The smallest absolute Gasteiger partial charge is 0.127 e. The van der Waals surface area contributed by atoms with Crippen LogP contribution in [0.3, 0.4) is 0 Å². The molecule has 0 radical (unpaired) electrons. The summed E-state index contributed by atoms with van der Waals surface area (Å²) < 4.78 is 10.6. The normalized spacial score (nSPS) is 17.9. The topological polar surface area (TPSA) is 64.7 Å². The van der Waals surface area contributed by atoms with Crippen molar-refractivity contribution in [1.82, 2.24) is 0 Å². The molecule has 1 saturated carbocycles. The van der Waals surface area contributed by atoms with E-state index in [9.17, 15) is 5.11 Å². The molecule has 1 aliphatic carbocycles. The third-order valence-corrected chi connectivity index (χ3v) is 3.80. The van der Waals surface area contributed by atoms with E-state index >= 15 is 0 Å². The van der Waals surface area contributed by atoms with E-state index in [0.717, 1.165) is 18.4 Å². The minimum atomic E-state index is -0.538. The number of hydrogen-bond donors (Lipinski definition) is 2. The van der Waals surface area contributed by atoms with E-state index < -0.39 is 12.1 Å². The van der Waals surface area contributed by atoms with Crippen LogP contribution in [0.4, 0.5) is 0 Å². The Bertz CT molecular complexity index is 387. The summed E-state index contributed by atoms with van der Waals surface area (Å²) in [6.45, 7) is 0. The summed E-state index contributed by atoms with van der Waals surface area (Å²) in [5.74, 6) is 1.63. The van der Waals surface area contributed by atoms with Gasteiger partial charge in [0.2, 0.25) is 0 Å². The van der Waals surface area contributed by atoms with E-state index in [-0.39, 0.29) is 12.4 Å². The standard InChI is InChI=1S/C14H21NO3.ClH/c1-17-10-7-4-8-11(18-2)12(10)13(15)14(16)9-5-3-6-9;/h4,7-9,13-14,16H,3,5-6,15H2,1-2H3;1H/t13-,14+;/m0./s1. The third-order valence-electron chi connectivity index (χ3n) is 3.80. The van der Waals surface area contributed by atoms with Gasteiger partial charge in [0, 0.05) is 0 Å². The van der Waals surface area contributed by atoms with Crippen LogP contribution in [0.5, 0.6) is 11.5 Å². The van der Waals surface area contributed by atoms with Gasteiger partial charge in [-0.05, 0) is 30.9 Å². The van der Waals surface area contributed by atoms with Gasteiger partial charge >= 0.3 is 0 Å². The quantitative estimate of drug-likeness (QED) is 0.872. The average molecular weight is 288 g/mol. The lowest BCUT2D eigenvalue weighted by molar-refractivity contribution is 0.0401. The second-order valence-electron chi connectivity index (χ2n) is 4.78. The zero-order valence-corrected chi connectivity index (χ0v) is 12.2. The molecule has 2 atom stereocenters. The number of hydrogen-bond acceptors (Lipinski definition) is 4. The van der Waals surface area contributed by atoms with E-state index in [2.05, 4.69) is 0 Å². The minimum Gasteiger partial charge on any atom is -0.496 e. The Morgan fingerprint density at radius 2 is 1.74 bits per heavy atom. The second kappa shape index (κ2) is 6.98. The summed E-state index contributed by atoms with van der Waals surface area (Å²) in [5, 5.41) is 10.3. The number of aliphatic hydroxyl groups excluding tert-OH is 1. The average Bonchev–Trinajstić information content (AvgIpc) is 2.34. The maximum atomic E-state index is 10.3. The molecule has 0 saturated heterocycles.